The molecular formula is C24H32FN3O3S. The van der Waals surface area contributed by atoms with Crippen LogP contribution in [0.2, 0.25) is 0 Å². The largest absolute Gasteiger partial charge is 0.348 e. The zero-order chi connectivity index (χ0) is 23.3. The summed E-state index contributed by atoms with van der Waals surface area (Å²) in [6, 6.07) is 13.0. The Kier molecular flexibility index (Phi) is 8.03. The van der Waals surface area contributed by atoms with Crippen molar-refractivity contribution in [3.8, 4) is 0 Å². The lowest BCUT2D eigenvalue weighted by atomic mass is 9.99. The number of halogens is 1. The molecule has 1 fully saturated rings. The first kappa shape index (κ1) is 24.4. The van der Waals surface area contributed by atoms with Gasteiger partial charge in [0.25, 0.3) is 0 Å². The van der Waals surface area contributed by atoms with Gasteiger partial charge in [-0.1, -0.05) is 38.1 Å². The van der Waals surface area contributed by atoms with Crippen molar-refractivity contribution >= 4 is 15.9 Å². The number of carbonyl (C=O) groups is 1. The second-order valence-electron chi connectivity index (χ2n) is 8.40. The maximum atomic E-state index is 13.1. The molecule has 1 aliphatic rings. The number of carbonyl (C=O) groups excluding carboxylic acids is 1. The molecule has 2 atom stereocenters. The average Bonchev–Trinajstić information content (AvgIpc) is 2.79. The molecular weight excluding hydrogens is 429 g/mol. The Labute approximate surface area is 190 Å². The number of rotatable bonds is 8. The summed E-state index contributed by atoms with van der Waals surface area (Å²) in [5.74, 6) is -0.0578. The summed E-state index contributed by atoms with van der Waals surface area (Å²) in [5.41, 5.74) is 1.96. The Morgan fingerprint density at radius 2 is 1.53 bits per heavy atom. The van der Waals surface area contributed by atoms with Crippen LogP contribution in [0.15, 0.2) is 53.4 Å². The van der Waals surface area contributed by atoms with Crippen LogP contribution in [0.5, 0.6) is 0 Å². The summed E-state index contributed by atoms with van der Waals surface area (Å²) in [5, 5.41) is 2.91. The number of amides is 1. The summed E-state index contributed by atoms with van der Waals surface area (Å²) in [6.07, 6.45) is 1.00. The molecule has 2 aromatic rings. The van der Waals surface area contributed by atoms with Crippen molar-refractivity contribution in [2.24, 2.45) is 0 Å². The number of nitrogens with one attached hydrogen (secondary N) is 1. The van der Waals surface area contributed by atoms with Crippen LogP contribution in [-0.2, 0) is 14.8 Å². The number of benzene rings is 2. The number of hydrogen-bond donors (Lipinski definition) is 1. The van der Waals surface area contributed by atoms with Crippen LogP contribution in [0, 0.1) is 5.82 Å². The Bertz CT molecular complexity index is 1000. The summed E-state index contributed by atoms with van der Waals surface area (Å²) in [6.45, 7) is 7.95. The molecule has 1 heterocycles. The van der Waals surface area contributed by atoms with Gasteiger partial charge in [-0.15, -0.1) is 0 Å². The molecule has 174 valence electrons. The highest BCUT2D eigenvalue weighted by Crippen LogP contribution is 2.23. The average molecular weight is 462 g/mol. The van der Waals surface area contributed by atoms with Crippen molar-refractivity contribution in [3.63, 3.8) is 0 Å². The maximum absolute atomic E-state index is 13.1. The van der Waals surface area contributed by atoms with Gasteiger partial charge in [0, 0.05) is 26.2 Å². The lowest BCUT2D eigenvalue weighted by Crippen LogP contribution is -2.51. The molecule has 32 heavy (non-hydrogen) atoms. The van der Waals surface area contributed by atoms with Crippen molar-refractivity contribution in [1.29, 1.82) is 0 Å². The van der Waals surface area contributed by atoms with Gasteiger partial charge < -0.3 is 5.32 Å². The first-order valence-corrected chi connectivity index (χ1v) is 12.5. The molecule has 8 heteroatoms. The molecule has 1 N–H and O–H groups in total. The van der Waals surface area contributed by atoms with Crippen molar-refractivity contribution in [3.05, 3.63) is 65.5 Å². The first-order chi connectivity index (χ1) is 15.2. The molecule has 0 aromatic heterocycles. The molecule has 2 aromatic carbocycles. The third-order valence-electron chi connectivity index (χ3n) is 6.15. The van der Waals surface area contributed by atoms with Gasteiger partial charge in [0.05, 0.1) is 17.5 Å². The fourth-order valence-corrected chi connectivity index (χ4v) is 5.23. The Morgan fingerprint density at radius 1 is 0.969 bits per heavy atom. The van der Waals surface area contributed by atoms with Gasteiger partial charge in [-0.2, -0.15) is 4.31 Å². The smallest absolute Gasteiger partial charge is 0.243 e. The minimum atomic E-state index is -3.55. The number of sulfonamides is 1. The van der Waals surface area contributed by atoms with E-state index in [1.807, 2.05) is 24.0 Å². The van der Waals surface area contributed by atoms with Crippen LogP contribution < -0.4 is 5.32 Å². The predicted molar refractivity (Wildman–Crippen MR) is 123 cm³/mol. The van der Waals surface area contributed by atoms with Crippen LogP contribution in [-0.4, -0.2) is 56.3 Å². The topological polar surface area (TPSA) is 69.7 Å². The summed E-state index contributed by atoms with van der Waals surface area (Å²) < 4.78 is 40.5. The summed E-state index contributed by atoms with van der Waals surface area (Å²) in [4.78, 5) is 14.7. The van der Waals surface area contributed by atoms with Gasteiger partial charge in [0.1, 0.15) is 5.82 Å². The lowest BCUT2D eigenvalue weighted by Gasteiger charge is -2.33. The van der Waals surface area contributed by atoms with Gasteiger partial charge in [-0.3, -0.25) is 9.69 Å². The van der Waals surface area contributed by atoms with Gasteiger partial charge >= 0.3 is 0 Å². The quantitative estimate of drug-likeness (QED) is 0.653. The highest BCUT2D eigenvalue weighted by atomic mass is 32.2. The molecule has 0 aliphatic carbocycles. The van der Waals surface area contributed by atoms with Crippen molar-refractivity contribution in [2.75, 3.05) is 32.7 Å². The highest BCUT2D eigenvalue weighted by molar-refractivity contribution is 7.89. The van der Waals surface area contributed by atoms with E-state index in [9.17, 15) is 17.6 Å². The van der Waals surface area contributed by atoms with E-state index >= 15 is 0 Å². The van der Waals surface area contributed by atoms with E-state index in [-0.39, 0.29) is 24.3 Å². The third-order valence-corrected chi connectivity index (χ3v) is 8.06. The molecule has 1 saturated heterocycles. The molecule has 0 radical (unpaired) electrons. The van der Waals surface area contributed by atoms with E-state index in [0.717, 1.165) is 17.5 Å². The molecule has 0 spiro atoms. The number of piperazine rings is 1. The SMILES string of the molecule is CCC(C)c1ccc(S(=O)(=O)N2CCN(CC(=O)NC(C)c3ccc(F)cc3)CC2)cc1. The molecule has 1 aliphatic heterocycles. The Morgan fingerprint density at radius 3 is 2.09 bits per heavy atom. The normalized spacial score (nSPS) is 17.6. The van der Waals surface area contributed by atoms with E-state index in [1.54, 1.807) is 24.3 Å². The predicted octanol–water partition coefficient (Wildman–Crippen LogP) is 3.52. The lowest BCUT2D eigenvalue weighted by molar-refractivity contribution is -0.123. The van der Waals surface area contributed by atoms with Crippen LogP contribution in [0.3, 0.4) is 0 Å². The second kappa shape index (κ2) is 10.6. The van der Waals surface area contributed by atoms with Crippen LogP contribution in [0.25, 0.3) is 0 Å². The fraction of sp³-hybridized carbons (Fsp3) is 0.458. The minimum Gasteiger partial charge on any atom is -0.348 e. The van der Waals surface area contributed by atoms with Crippen LogP contribution in [0.1, 0.15) is 50.3 Å². The summed E-state index contributed by atoms with van der Waals surface area (Å²) in [7, 11) is -3.55. The number of nitrogens with zero attached hydrogens (tertiary/aromatic N) is 2. The monoisotopic (exact) mass is 461 g/mol. The van der Waals surface area contributed by atoms with E-state index in [2.05, 4.69) is 19.2 Å². The zero-order valence-corrected chi connectivity index (χ0v) is 19.7. The van der Waals surface area contributed by atoms with Crippen molar-refractivity contribution in [2.45, 2.75) is 44.0 Å². The van der Waals surface area contributed by atoms with E-state index in [4.69, 9.17) is 0 Å². The van der Waals surface area contributed by atoms with E-state index < -0.39 is 10.0 Å². The van der Waals surface area contributed by atoms with E-state index in [0.29, 0.717) is 37.0 Å². The minimum absolute atomic E-state index is 0.140. The second-order valence-corrected chi connectivity index (χ2v) is 10.3. The molecule has 6 nitrogen and oxygen atoms in total. The zero-order valence-electron chi connectivity index (χ0n) is 18.9. The van der Waals surface area contributed by atoms with Gasteiger partial charge in [-0.05, 0) is 54.7 Å². The van der Waals surface area contributed by atoms with Crippen LogP contribution in [0.4, 0.5) is 4.39 Å². The molecule has 2 unspecified atom stereocenters. The first-order valence-electron chi connectivity index (χ1n) is 11.1. The van der Waals surface area contributed by atoms with Crippen molar-refractivity contribution in [1.82, 2.24) is 14.5 Å². The third kappa shape index (κ3) is 5.94. The Hall–Kier alpha value is -2.29. The molecule has 1 amide bonds. The number of hydrogen-bond acceptors (Lipinski definition) is 4. The Balaban J connectivity index is 1.51. The van der Waals surface area contributed by atoms with Gasteiger partial charge in [-0.25, -0.2) is 12.8 Å². The molecule has 0 saturated carbocycles. The molecule has 3 rings (SSSR count). The van der Waals surface area contributed by atoms with Crippen molar-refractivity contribution < 1.29 is 17.6 Å². The van der Waals surface area contributed by atoms with E-state index in [1.165, 1.54) is 16.4 Å². The standard InChI is InChI=1S/C24H32FN3O3S/c1-4-18(2)20-7-11-23(12-8-20)32(30,31)28-15-13-27(14-16-28)17-24(29)26-19(3)21-5-9-22(25)10-6-21/h5-12,18-19H,4,13-17H2,1-3H3,(H,26,29). The van der Waals surface area contributed by atoms with Gasteiger partial charge in [0.2, 0.25) is 15.9 Å². The molecule has 0 bridgehead atoms. The highest BCUT2D eigenvalue weighted by Gasteiger charge is 2.29. The maximum Gasteiger partial charge on any atom is 0.243 e. The summed E-state index contributed by atoms with van der Waals surface area (Å²) >= 11 is 0. The fourth-order valence-electron chi connectivity index (χ4n) is 3.81. The van der Waals surface area contributed by atoms with Crippen LogP contribution >= 0.6 is 0 Å². The van der Waals surface area contributed by atoms with Gasteiger partial charge in [0.15, 0.2) is 0 Å².